The average molecular weight is 266 g/mol. The molecule has 1 amide bonds. The fourth-order valence-corrected chi connectivity index (χ4v) is 3.25. The van der Waals surface area contributed by atoms with Gasteiger partial charge in [-0.15, -0.1) is 0 Å². The molecule has 1 aliphatic carbocycles. The van der Waals surface area contributed by atoms with E-state index in [0.29, 0.717) is 27.6 Å². The molecule has 20 heavy (non-hydrogen) atoms. The number of benzene rings is 1. The Balaban J connectivity index is 2.39. The van der Waals surface area contributed by atoms with E-state index in [4.69, 9.17) is 13.6 Å². The van der Waals surface area contributed by atoms with E-state index in [-0.39, 0.29) is 17.3 Å². The Bertz CT molecular complexity index is 781. The largest absolute Gasteiger partial charge is 0.369 e. The summed E-state index contributed by atoms with van der Waals surface area (Å²) in [5.41, 5.74) is 8.02. The van der Waals surface area contributed by atoms with Crippen molar-refractivity contribution in [1.29, 1.82) is 0 Å². The maximum Gasteiger partial charge on any atom is 0.226 e. The van der Waals surface area contributed by atoms with E-state index in [9.17, 15) is 9.59 Å². The normalized spacial score (nSPS) is 24.8. The van der Waals surface area contributed by atoms with E-state index in [1.54, 1.807) is 18.2 Å². The molecule has 4 nitrogen and oxygen atoms in total. The standard InChI is InChI=1S/C15H15BN2O2/c1-6-7(2)12(15(17)20)13-11(6)14(19)9-5-8(16)3-4-10(9)18-13/h3-7,12H,1-2H3,(H2,17,20)(H,18,19). The molecule has 3 unspecified atom stereocenters. The topological polar surface area (TPSA) is 75.9 Å². The first-order valence-electron chi connectivity index (χ1n) is 6.66. The van der Waals surface area contributed by atoms with Crippen LogP contribution in [-0.2, 0) is 4.79 Å². The van der Waals surface area contributed by atoms with Gasteiger partial charge in [0, 0.05) is 22.2 Å². The minimum atomic E-state index is -0.436. The Labute approximate surface area is 117 Å². The summed E-state index contributed by atoms with van der Waals surface area (Å²) < 4.78 is 0. The Morgan fingerprint density at radius 3 is 2.70 bits per heavy atom. The van der Waals surface area contributed by atoms with Crippen LogP contribution >= 0.6 is 0 Å². The lowest BCUT2D eigenvalue weighted by Gasteiger charge is -2.14. The first-order valence-corrected chi connectivity index (χ1v) is 6.66. The van der Waals surface area contributed by atoms with E-state index in [1.807, 2.05) is 13.8 Å². The van der Waals surface area contributed by atoms with Gasteiger partial charge in [-0.05, 0) is 17.9 Å². The Morgan fingerprint density at radius 1 is 1.35 bits per heavy atom. The molecule has 3 rings (SSSR count). The van der Waals surface area contributed by atoms with Crippen LogP contribution in [0.4, 0.5) is 0 Å². The molecule has 0 saturated carbocycles. The quantitative estimate of drug-likeness (QED) is 0.743. The molecule has 0 bridgehead atoms. The zero-order valence-corrected chi connectivity index (χ0v) is 11.4. The number of nitrogens with one attached hydrogen (secondary N) is 1. The van der Waals surface area contributed by atoms with Gasteiger partial charge in [0.15, 0.2) is 5.43 Å². The highest BCUT2D eigenvalue weighted by Gasteiger charge is 2.41. The second-order valence-electron chi connectivity index (χ2n) is 5.61. The highest BCUT2D eigenvalue weighted by Crippen LogP contribution is 2.43. The average Bonchev–Trinajstić information content (AvgIpc) is 2.63. The van der Waals surface area contributed by atoms with Crippen LogP contribution in [0.2, 0.25) is 0 Å². The second kappa shape index (κ2) is 4.23. The molecule has 5 heteroatoms. The van der Waals surface area contributed by atoms with E-state index in [2.05, 4.69) is 4.98 Å². The molecule has 1 aromatic heterocycles. The summed E-state index contributed by atoms with van der Waals surface area (Å²) in [6, 6.07) is 5.16. The van der Waals surface area contributed by atoms with E-state index < -0.39 is 11.8 Å². The summed E-state index contributed by atoms with van der Waals surface area (Å²) in [5, 5.41) is 0.563. The van der Waals surface area contributed by atoms with E-state index in [0.717, 1.165) is 0 Å². The molecular formula is C15H15BN2O2. The maximum atomic E-state index is 12.7. The molecule has 1 heterocycles. The summed E-state index contributed by atoms with van der Waals surface area (Å²) in [6.07, 6.45) is 0. The molecule has 3 N–H and O–H groups in total. The third-order valence-electron chi connectivity index (χ3n) is 4.48. The van der Waals surface area contributed by atoms with Crippen LogP contribution in [0, 0.1) is 5.92 Å². The number of carbonyl (C=O) groups excluding carboxylic acids is 1. The van der Waals surface area contributed by atoms with Gasteiger partial charge in [0.2, 0.25) is 5.91 Å². The fraction of sp³-hybridized carbons (Fsp3) is 0.333. The summed E-state index contributed by atoms with van der Waals surface area (Å²) in [5.74, 6) is -0.819. The second-order valence-corrected chi connectivity index (χ2v) is 5.61. The smallest absolute Gasteiger partial charge is 0.226 e. The van der Waals surface area contributed by atoms with Gasteiger partial charge in [-0.1, -0.05) is 31.4 Å². The fourth-order valence-electron chi connectivity index (χ4n) is 3.25. The molecule has 0 fully saturated rings. The van der Waals surface area contributed by atoms with Gasteiger partial charge in [-0.3, -0.25) is 9.59 Å². The van der Waals surface area contributed by atoms with Crippen LogP contribution in [0.3, 0.4) is 0 Å². The molecule has 3 atom stereocenters. The summed E-state index contributed by atoms with van der Waals surface area (Å²) >= 11 is 0. The minimum Gasteiger partial charge on any atom is -0.369 e. The molecule has 1 aliphatic rings. The lowest BCUT2D eigenvalue weighted by atomic mass is 9.90. The van der Waals surface area contributed by atoms with Crippen molar-refractivity contribution in [3.63, 3.8) is 0 Å². The monoisotopic (exact) mass is 266 g/mol. The van der Waals surface area contributed by atoms with Gasteiger partial charge >= 0.3 is 0 Å². The molecule has 100 valence electrons. The third kappa shape index (κ3) is 1.62. The molecule has 0 spiro atoms. The molecular weight excluding hydrogens is 251 g/mol. The predicted octanol–water partition coefficient (Wildman–Crippen LogP) is 0.644. The van der Waals surface area contributed by atoms with Crippen molar-refractivity contribution in [2.45, 2.75) is 25.7 Å². The zero-order valence-electron chi connectivity index (χ0n) is 11.4. The minimum absolute atomic E-state index is 0.00270. The van der Waals surface area contributed by atoms with Crippen LogP contribution < -0.4 is 16.6 Å². The van der Waals surface area contributed by atoms with Gasteiger partial charge in [0.1, 0.15) is 7.85 Å². The number of hydrogen-bond acceptors (Lipinski definition) is 2. The lowest BCUT2D eigenvalue weighted by molar-refractivity contribution is -0.120. The number of aromatic amines is 1. The predicted molar refractivity (Wildman–Crippen MR) is 79.5 cm³/mol. The highest BCUT2D eigenvalue weighted by molar-refractivity contribution is 6.33. The van der Waals surface area contributed by atoms with Crippen LogP contribution in [0.25, 0.3) is 10.9 Å². The van der Waals surface area contributed by atoms with Gasteiger partial charge in [-0.25, -0.2) is 0 Å². The molecule has 0 aliphatic heterocycles. The van der Waals surface area contributed by atoms with Crippen LogP contribution in [-0.4, -0.2) is 18.7 Å². The van der Waals surface area contributed by atoms with Gasteiger partial charge in [0.05, 0.1) is 5.92 Å². The van der Waals surface area contributed by atoms with Gasteiger partial charge in [0.25, 0.3) is 0 Å². The van der Waals surface area contributed by atoms with E-state index in [1.165, 1.54) is 0 Å². The number of rotatable bonds is 1. The number of aromatic nitrogens is 1. The van der Waals surface area contributed by atoms with Crippen molar-refractivity contribution >= 4 is 30.1 Å². The SMILES string of the molecule is [B]c1ccc2[nH]c3c(c(=O)c2c1)C(C)C(C)C3C(N)=O. The third-order valence-corrected chi connectivity index (χ3v) is 4.48. The number of carbonyl (C=O) groups is 1. The molecule has 2 radical (unpaired) electrons. The highest BCUT2D eigenvalue weighted by atomic mass is 16.1. The van der Waals surface area contributed by atoms with Crippen molar-refractivity contribution < 1.29 is 4.79 Å². The molecule has 2 aromatic rings. The number of nitrogens with two attached hydrogens (primary N) is 1. The van der Waals surface area contributed by atoms with Crippen LogP contribution in [0.5, 0.6) is 0 Å². The maximum absolute atomic E-state index is 12.7. The van der Waals surface area contributed by atoms with Crippen LogP contribution in [0.1, 0.15) is 36.9 Å². The first-order chi connectivity index (χ1) is 9.41. The zero-order chi connectivity index (χ0) is 14.6. The van der Waals surface area contributed by atoms with Crippen molar-refractivity contribution in [1.82, 2.24) is 4.98 Å². The Hall–Kier alpha value is -2.04. The summed E-state index contributed by atoms with van der Waals surface area (Å²) in [7, 11) is 5.75. The van der Waals surface area contributed by atoms with E-state index >= 15 is 0 Å². The summed E-state index contributed by atoms with van der Waals surface area (Å²) in [4.78, 5) is 27.6. The lowest BCUT2D eigenvalue weighted by Crippen LogP contribution is -2.25. The molecule has 0 saturated heterocycles. The first kappa shape index (κ1) is 13.0. The number of fused-ring (bicyclic) bond motifs is 2. The van der Waals surface area contributed by atoms with Crippen molar-refractivity contribution in [2.24, 2.45) is 11.7 Å². The molecule has 1 aromatic carbocycles. The van der Waals surface area contributed by atoms with Gasteiger partial charge < -0.3 is 10.7 Å². The van der Waals surface area contributed by atoms with Crippen molar-refractivity contribution in [3.8, 4) is 0 Å². The van der Waals surface area contributed by atoms with Crippen molar-refractivity contribution in [3.05, 3.63) is 39.7 Å². The summed E-state index contributed by atoms with van der Waals surface area (Å²) in [6.45, 7) is 3.91. The number of pyridine rings is 1. The Morgan fingerprint density at radius 2 is 2.05 bits per heavy atom. The Kier molecular flexibility index (Phi) is 2.74. The number of H-pyrrole nitrogens is 1. The van der Waals surface area contributed by atoms with Crippen LogP contribution in [0.15, 0.2) is 23.0 Å². The van der Waals surface area contributed by atoms with Gasteiger partial charge in [-0.2, -0.15) is 0 Å². The number of primary amides is 1. The number of hydrogen-bond donors (Lipinski definition) is 2. The number of amides is 1. The van der Waals surface area contributed by atoms with Crippen molar-refractivity contribution in [2.75, 3.05) is 0 Å².